The minimum atomic E-state index is -0.0960. The fourth-order valence-electron chi connectivity index (χ4n) is 4.73. The van der Waals surface area contributed by atoms with Crippen molar-refractivity contribution >= 4 is 22.5 Å². The lowest BCUT2D eigenvalue weighted by molar-refractivity contribution is 0.00784. The zero-order valence-corrected chi connectivity index (χ0v) is 14.6. The Morgan fingerprint density at radius 1 is 1.25 bits per heavy atom. The van der Waals surface area contributed by atoms with E-state index in [1.165, 1.54) is 17.0 Å². The molecule has 3 atom stereocenters. The summed E-state index contributed by atoms with van der Waals surface area (Å²) in [5.41, 5.74) is 1.61. The first-order valence-electron chi connectivity index (χ1n) is 9.07. The third-order valence-corrected chi connectivity index (χ3v) is 7.38. The topological polar surface area (TPSA) is 75.3 Å². The second-order valence-corrected chi connectivity index (χ2v) is 8.87. The van der Waals surface area contributed by atoms with Gasteiger partial charge < -0.3 is 15.4 Å². The van der Waals surface area contributed by atoms with E-state index in [1.807, 2.05) is 0 Å². The predicted octanol–water partition coefficient (Wildman–Crippen LogP) is 1.77. The second kappa shape index (κ2) is 5.68. The summed E-state index contributed by atoms with van der Waals surface area (Å²) in [6, 6.07) is 0.257. The molecule has 3 heterocycles. The fraction of sp³-hybridized carbons (Fsp3) is 0.765. The number of hydrogen-bond acceptors (Lipinski definition) is 5. The van der Waals surface area contributed by atoms with Crippen LogP contribution in [0.15, 0.2) is 0 Å². The average molecular weight is 348 g/mol. The number of piperidine rings is 1. The smallest absolute Gasteiger partial charge is 0.321 e. The molecule has 0 bridgehead atoms. The lowest BCUT2D eigenvalue weighted by atomic mass is 9.70. The van der Waals surface area contributed by atoms with E-state index in [0.29, 0.717) is 23.3 Å². The number of ether oxygens (including phenoxy) is 1. The number of fused-ring (bicyclic) bond motifs is 2. The van der Waals surface area contributed by atoms with Crippen molar-refractivity contribution in [2.45, 2.75) is 38.1 Å². The maximum Gasteiger partial charge on any atom is 0.321 e. The number of aryl methyl sites for hydroxylation is 1. The highest BCUT2D eigenvalue weighted by Crippen LogP contribution is 2.45. The molecule has 1 spiro atoms. The first kappa shape index (κ1) is 15.1. The highest BCUT2D eigenvalue weighted by molar-refractivity contribution is 7.15. The van der Waals surface area contributed by atoms with E-state index in [4.69, 9.17) is 4.74 Å². The molecule has 1 saturated carbocycles. The Hall–Kier alpha value is -1.18. The number of hydrogen-bond donors (Lipinski definition) is 3. The molecule has 3 N–H and O–H groups in total. The minimum absolute atomic E-state index is 0.0960. The van der Waals surface area contributed by atoms with Gasteiger partial charge in [-0.05, 0) is 49.4 Å². The SMILES string of the molecule is O=C(Nc1nc2c(s1)CC1(CCOCC1)CC2)NC1[C@H]2CNC[C@@H]12. The molecule has 0 aromatic carbocycles. The van der Waals surface area contributed by atoms with Gasteiger partial charge in [-0.2, -0.15) is 0 Å². The first-order valence-corrected chi connectivity index (χ1v) is 9.89. The summed E-state index contributed by atoms with van der Waals surface area (Å²) in [4.78, 5) is 18.2. The van der Waals surface area contributed by atoms with Crippen LogP contribution >= 0.6 is 11.3 Å². The summed E-state index contributed by atoms with van der Waals surface area (Å²) in [7, 11) is 0. The van der Waals surface area contributed by atoms with Crippen LogP contribution in [0.1, 0.15) is 29.8 Å². The van der Waals surface area contributed by atoms with Crippen LogP contribution in [0.4, 0.5) is 9.93 Å². The molecule has 3 fully saturated rings. The lowest BCUT2D eigenvalue weighted by Crippen LogP contribution is -2.35. The predicted molar refractivity (Wildman–Crippen MR) is 92.4 cm³/mol. The number of rotatable bonds is 2. The Kier molecular flexibility index (Phi) is 3.57. The van der Waals surface area contributed by atoms with E-state index >= 15 is 0 Å². The molecule has 1 aromatic heterocycles. The number of amides is 2. The van der Waals surface area contributed by atoms with E-state index in [9.17, 15) is 4.79 Å². The van der Waals surface area contributed by atoms with Crippen LogP contribution in [-0.4, -0.2) is 43.4 Å². The van der Waals surface area contributed by atoms with Gasteiger partial charge in [-0.3, -0.25) is 5.32 Å². The highest BCUT2D eigenvalue weighted by atomic mass is 32.1. The van der Waals surface area contributed by atoms with Crippen molar-refractivity contribution in [1.82, 2.24) is 15.6 Å². The monoisotopic (exact) mass is 348 g/mol. The van der Waals surface area contributed by atoms with Gasteiger partial charge in [0.1, 0.15) is 0 Å². The number of urea groups is 1. The number of carbonyl (C=O) groups excluding carboxylic acids is 1. The van der Waals surface area contributed by atoms with E-state index in [2.05, 4.69) is 20.9 Å². The normalized spacial score (nSPS) is 32.9. The van der Waals surface area contributed by atoms with Crippen molar-refractivity contribution in [2.75, 3.05) is 31.6 Å². The third-order valence-electron chi connectivity index (χ3n) is 6.37. The van der Waals surface area contributed by atoms with Crippen LogP contribution in [0, 0.1) is 17.3 Å². The van der Waals surface area contributed by atoms with Crippen LogP contribution in [0.3, 0.4) is 0 Å². The maximum absolute atomic E-state index is 12.2. The third kappa shape index (κ3) is 2.62. The summed E-state index contributed by atoms with van der Waals surface area (Å²) >= 11 is 1.66. The van der Waals surface area contributed by atoms with E-state index in [0.717, 1.165) is 57.1 Å². The summed E-state index contributed by atoms with van der Waals surface area (Å²) < 4.78 is 5.53. The molecule has 5 rings (SSSR count). The van der Waals surface area contributed by atoms with Gasteiger partial charge >= 0.3 is 6.03 Å². The first-order chi connectivity index (χ1) is 11.7. The van der Waals surface area contributed by atoms with Crippen molar-refractivity contribution < 1.29 is 9.53 Å². The zero-order valence-electron chi connectivity index (χ0n) is 13.8. The minimum Gasteiger partial charge on any atom is -0.381 e. The van der Waals surface area contributed by atoms with Gasteiger partial charge in [0.25, 0.3) is 0 Å². The molecule has 130 valence electrons. The van der Waals surface area contributed by atoms with Gasteiger partial charge in [0.15, 0.2) is 5.13 Å². The van der Waals surface area contributed by atoms with Crippen molar-refractivity contribution in [1.29, 1.82) is 0 Å². The molecule has 2 aliphatic carbocycles. The molecule has 2 saturated heterocycles. The quantitative estimate of drug-likeness (QED) is 0.761. The summed E-state index contributed by atoms with van der Waals surface area (Å²) in [5.74, 6) is 1.27. The second-order valence-electron chi connectivity index (χ2n) is 7.79. The van der Waals surface area contributed by atoms with Gasteiger partial charge in [0.2, 0.25) is 0 Å². The van der Waals surface area contributed by atoms with Crippen LogP contribution < -0.4 is 16.0 Å². The summed E-state index contributed by atoms with van der Waals surface area (Å²) in [6.45, 7) is 3.85. The van der Waals surface area contributed by atoms with Gasteiger partial charge in [-0.1, -0.05) is 0 Å². The number of carbonyl (C=O) groups is 1. The molecule has 4 aliphatic rings. The lowest BCUT2D eigenvalue weighted by Gasteiger charge is -2.39. The van der Waals surface area contributed by atoms with Gasteiger partial charge in [0, 0.05) is 37.2 Å². The molecule has 6 nitrogen and oxygen atoms in total. The van der Waals surface area contributed by atoms with Crippen molar-refractivity contribution in [3.8, 4) is 0 Å². The fourth-order valence-corrected chi connectivity index (χ4v) is 5.91. The number of nitrogens with one attached hydrogen (secondary N) is 3. The Bertz CT molecular complexity index is 645. The molecule has 2 amide bonds. The Morgan fingerprint density at radius 3 is 2.83 bits per heavy atom. The Balaban J connectivity index is 1.22. The van der Waals surface area contributed by atoms with Crippen LogP contribution in [-0.2, 0) is 17.6 Å². The van der Waals surface area contributed by atoms with Crippen molar-refractivity contribution in [3.63, 3.8) is 0 Å². The molecule has 24 heavy (non-hydrogen) atoms. The van der Waals surface area contributed by atoms with Gasteiger partial charge in [-0.15, -0.1) is 11.3 Å². The molecule has 1 aromatic rings. The summed E-state index contributed by atoms with van der Waals surface area (Å²) in [5, 5.41) is 10.2. The highest BCUT2D eigenvalue weighted by Gasteiger charge is 2.53. The van der Waals surface area contributed by atoms with Crippen molar-refractivity contribution in [2.24, 2.45) is 17.3 Å². The standard InChI is InChI=1S/C17H24N4O2S/c22-15(20-14-10-8-18-9-11(10)14)21-16-19-12-1-2-17(7-13(12)24-16)3-5-23-6-4-17/h10-11,14,18H,1-9H2,(H2,19,20,21,22)/t10-,11+,14?. The van der Waals surface area contributed by atoms with Gasteiger partial charge in [-0.25, -0.2) is 9.78 Å². The van der Waals surface area contributed by atoms with Crippen LogP contribution in [0.5, 0.6) is 0 Å². The average Bonchev–Trinajstić information content (AvgIpc) is 2.94. The Labute approximate surface area is 145 Å². The van der Waals surface area contributed by atoms with E-state index in [1.54, 1.807) is 11.3 Å². The molecular weight excluding hydrogens is 324 g/mol. The van der Waals surface area contributed by atoms with Crippen LogP contribution in [0.25, 0.3) is 0 Å². The maximum atomic E-state index is 12.2. The van der Waals surface area contributed by atoms with Crippen LogP contribution in [0.2, 0.25) is 0 Å². The number of anilines is 1. The molecular formula is C17H24N4O2S. The molecule has 7 heteroatoms. The number of thiazole rings is 1. The molecule has 0 radical (unpaired) electrons. The number of aromatic nitrogens is 1. The Morgan fingerprint density at radius 2 is 2.04 bits per heavy atom. The van der Waals surface area contributed by atoms with E-state index < -0.39 is 0 Å². The molecule has 1 unspecified atom stereocenters. The summed E-state index contributed by atoms with van der Waals surface area (Å²) in [6.07, 6.45) is 5.66. The van der Waals surface area contributed by atoms with E-state index in [-0.39, 0.29) is 6.03 Å². The zero-order chi connectivity index (χ0) is 16.1. The largest absolute Gasteiger partial charge is 0.381 e. The van der Waals surface area contributed by atoms with Crippen molar-refractivity contribution in [3.05, 3.63) is 10.6 Å². The molecule has 2 aliphatic heterocycles. The van der Waals surface area contributed by atoms with Gasteiger partial charge in [0.05, 0.1) is 5.69 Å². The number of nitrogens with zero attached hydrogens (tertiary/aromatic N) is 1.